The van der Waals surface area contributed by atoms with E-state index in [0.29, 0.717) is 31.3 Å². The minimum Gasteiger partial charge on any atom is -0.465 e. The van der Waals surface area contributed by atoms with Crippen molar-refractivity contribution in [2.75, 3.05) is 12.3 Å². The summed E-state index contributed by atoms with van der Waals surface area (Å²) in [5, 5.41) is 0. The van der Waals surface area contributed by atoms with E-state index in [4.69, 9.17) is 10.5 Å². The first-order valence-electron chi connectivity index (χ1n) is 11.7. The lowest BCUT2D eigenvalue weighted by Gasteiger charge is -2.54. The Bertz CT molecular complexity index is 944. The molecule has 7 heteroatoms. The SMILES string of the molecule is Cc1nc(N)c(C[n+]2csc(CCOC(=O)CC3C4CC5CC(C4)CC3C5)c2C)c[nH+]1. The number of H-pyrrole nitrogens is 1. The van der Waals surface area contributed by atoms with Crippen LogP contribution in [0.4, 0.5) is 5.82 Å². The minimum atomic E-state index is 0.00796. The van der Waals surface area contributed by atoms with E-state index < -0.39 is 0 Å². The molecule has 31 heavy (non-hydrogen) atoms. The third-order valence-corrected chi connectivity index (χ3v) is 9.13. The number of nitrogen functional groups attached to an aromatic ring is 1. The predicted octanol–water partition coefficient (Wildman–Crippen LogP) is 3.04. The minimum absolute atomic E-state index is 0.00796. The molecular formula is C24H34N4O2S+2. The Labute approximate surface area is 188 Å². The molecule has 6 nitrogen and oxygen atoms in total. The van der Waals surface area contributed by atoms with Crippen LogP contribution < -0.4 is 15.3 Å². The highest BCUT2D eigenvalue weighted by molar-refractivity contribution is 7.09. The number of carbonyl (C=O) groups is 1. The number of nitrogens with zero attached hydrogens (tertiary/aromatic N) is 2. The molecule has 0 amide bonds. The van der Waals surface area contributed by atoms with Gasteiger partial charge in [-0.25, -0.2) is 4.98 Å². The lowest BCUT2D eigenvalue weighted by molar-refractivity contribution is -0.690. The van der Waals surface area contributed by atoms with Crippen molar-refractivity contribution in [1.29, 1.82) is 0 Å². The molecule has 6 rings (SSSR count). The lowest BCUT2D eigenvalue weighted by atomic mass is 9.51. The zero-order chi connectivity index (χ0) is 21.5. The number of nitrogens with one attached hydrogen (secondary N) is 1. The number of aryl methyl sites for hydroxylation is 1. The summed E-state index contributed by atoms with van der Waals surface area (Å²) in [7, 11) is 0. The first kappa shape index (κ1) is 20.9. The maximum Gasteiger partial charge on any atom is 0.306 e. The molecule has 166 valence electrons. The van der Waals surface area contributed by atoms with Gasteiger partial charge in [-0.3, -0.25) is 4.79 Å². The molecule has 4 saturated carbocycles. The van der Waals surface area contributed by atoms with Gasteiger partial charge in [0, 0.05) is 26.7 Å². The highest BCUT2D eigenvalue weighted by Gasteiger charge is 2.48. The molecule has 0 aliphatic heterocycles. The van der Waals surface area contributed by atoms with Gasteiger partial charge < -0.3 is 10.5 Å². The van der Waals surface area contributed by atoms with Crippen LogP contribution in [-0.2, 0) is 22.5 Å². The number of thiazole rings is 1. The standard InChI is InChI=1S/C24H33N4O2S/c1-14-22(31-13-28(14)12-20-11-26-15(2)27-24(20)25)3-4-30-23(29)10-21-18-6-16-5-17(8-18)9-19(21)7-16/h11,13,16-19,21H,3-10,12H2,1-2H3,(H2,25,26,27)/q+1/p+1. The molecule has 2 aromatic heterocycles. The topological polar surface area (TPSA) is 83.2 Å². The lowest BCUT2D eigenvalue weighted by Crippen LogP contribution is -2.45. The Morgan fingerprint density at radius 2 is 1.94 bits per heavy atom. The molecule has 0 unspecified atom stereocenters. The van der Waals surface area contributed by atoms with E-state index in [0.717, 1.165) is 41.5 Å². The number of nitrogens with two attached hydrogens (primary N) is 1. The maximum atomic E-state index is 12.6. The van der Waals surface area contributed by atoms with Crippen LogP contribution in [0.5, 0.6) is 0 Å². The average Bonchev–Trinajstić information content (AvgIpc) is 3.06. The number of hydrogen-bond donors (Lipinski definition) is 1. The van der Waals surface area contributed by atoms with Gasteiger partial charge in [-0.2, -0.15) is 4.57 Å². The van der Waals surface area contributed by atoms with Crippen LogP contribution in [0, 0.1) is 43.4 Å². The highest BCUT2D eigenvalue weighted by Crippen LogP contribution is 2.57. The molecule has 4 fully saturated rings. The van der Waals surface area contributed by atoms with E-state index in [1.165, 1.54) is 42.7 Å². The number of aromatic amines is 1. The van der Waals surface area contributed by atoms with Crippen LogP contribution in [0.2, 0.25) is 0 Å². The summed E-state index contributed by atoms with van der Waals surface area (Å²) in [5.41, 5.74) is 10.3. The largest absolute Gasteiger partial charge is 0.465 e. The summed E-state index contributed by atoms with van der Waals surface area (Å²) in [6.07, 6.45) is 10.2. The Kier molecular flexibility index (Phi) is 5.71. The number of anilines is 1. The summed E-state index contributed by atoms with van der Waals surface area (Å²) in [4.78, 5) is 21.3. The monoisotopic (exact) mass is 442 g/mol. The Balaban J connectivity index is 1.12. The number of hydrogen-bond acceptors (Lipinski definition) is 5. The van der Waals surface area contributed by atoms with Crippen LogP contribution >= 0.6 is 11.3 Å². The maximum absolute atomic E-state index is 12.6. The van der Waals surface area contributed by atoms with Crippen molar-refractivity contribution in [2.45, 2.75) is 65.3 Å². The first-order chi connectivity index (χ1) is 15.0. The van der Waals surface area contributed by atoms with Gasteiger partial charge in [0.1, 0.15) is 11.8 Å². The van der Waals surface area contributed by atoms with Gasteiger partial charge in [-0.1, -0.05) is 11.3 Å². The van der Waals surface area contributed by atoms with Crippen LogP contribution in [0.3, 0.4) is 0 Å². The van der Waals surface area contributed by atoms with Crippen LogP contribution in [0.15, 0.2) is 11.7 Å². The molecule has 0 spiro atoms. The van der Waals surface area contributed by atoms with Gasteiger partial charge in [-0.15, -0.1) is 0 Å². The van der Waals surface area contributed by atoms with Crippen molar-refractivity contribution < 1.29 is 19.1 Å². The van der Waals surface area contributed by atoms with Crippen molar-refractivity contribution in [3.63, 3.8) is 0 Å². The number of esters is 1. The van der Waals surface area contributed by atoms with E-state index in [2.05, 4.69) is 27.0 Å². The summed E-state index contributed by atoms with van der Waals surface area (Å²) in [5.74, 6) is 5.43. The van der Waals surface area contributed by atoms with E-state index in [1.54, 1.807) is 11.3 Å². The molecule has 2 heterocycles. The molecule has 0 saturated heterocycles. The number of aromatic nitrogens is 3. The molecule has 4 bridgehead atoms. The van der Waals surface area contributed by atoms with E-state index in [1.807, 2.05) is 13.1 Å². The summed E-state index contributed by atoms with van der Waals surface area (Å²) in [6, 6.07) is 0. The van der Waals surface area contributed by atoms with Crippen molar-refractivity contribution in [3.05, 3.63) is 33.7 Å². The van der Waals surface area contributed by atoms with Crippen molar-refractivity contribution in [3.8, 4) is 0 Å². The van der Waals surface area contributed by atoms with Gasteiger partial charge in [0.15, 0.2) is 12.2 Å². The molecule has 2 aromatic rings. The quantitative estimate of drug-likeness (QED) is 0.528. The molecule has 0 atom stereocenters. The van der Waals surface area contributed by atoms with Gasteiger partial charge in [0.2, 0.25) is 5.51 Å². The third kappa shape index (κ3) is 4.34. The average molecular weight is 443 g/mol. The molecule has 0 aromatic carbocycles. The molecule has 4 aliphatic rings. The van der Waals surface area contributed by atoms with Crippen molar-refractivity contribution in [2.24, 2.45) is 29.6 Å². The number of rotatable bonds is 7. The fourth-order valence-electron chi connectivity index (χ4n) is 6.59. The number of carbonyl (C=O) groups excluding carboxylic acids is 1. The zero-order valence-electron chi connectivity index (χ0n) is 18.6. The normalized spacial score (nSPS) is 28.8. The molecule has 3 N–H and O–H groups in total. The zero-order valence-corrected chi connectivity index (χ0v) is 19.4. The van der Waals surface area contributed by atoms with Crippen molar-refractivity contribution in [1.82, 2.24) is 4.98 Å². The van der Waals surface area contributed by atoms with Gasteiger partial charge in [0.05, 0.1) is 11.5 Å². The molecular weight excluding hydrogens is 408 g/mol. The summed E-state index contributed by atoms with van der Waals surface area (Å²) in [6.45, 7) is 5.16. The molecule has 0 radical (unpaired) electrons. The molecule has 4 aliphatic carbocycles. The number of ether oxygens (including phenoxy) is 1. The van der Waals surface area contributed by atoms with Crippen LogP contribution in [0.1, 0.15) is 60.5 Å². The van der Waals surface area contributed by atoms with Crippen molar-refractivity contribution >= 4 is 23.1 Å². The third-order valence-electron chi connectivity index (χ3n) is 7.99. The van der Waals surface area contributed by atoms with Gasteiger partial charge in [-0.05, 0) is 66.7 Å². The fraction of sp³-hybridized carbons (Fsp3) is 0.667. The Hall–Kier alpha value is -2.02. The highest BCUT2D eigenvalue weighted by atomic mass is 32.1. The fourth-order valence-corrected chi connectivity index (χ4v) is 7.56. The second-order valence-corrected chi connectivity index (χ2v) is 11.0. The summed E-state index contributed by atoms with van der Waals surface area (Å²) >= 11 is 1.71. The Morgan fingerprint density at radius 3 is 2.61 bits per heavy atom. The van der Waals surface area contributed by atoms with Gasteiger partial charge >= 0.3 is 5.97 Å². The first-order valence-corrected chi connectivity index (χ1v) is 12.6. The van der Waals surface area contributed by atoms with E-state index in [-0.39, 0.29) is 5.97 Å². The van der Waals surface area contributed by atoms with Crippen LogP contribution in [-0.4, -0.2) is 17.6 Å². The smallest absolute Gasteiger partial charge is 0.306 e. The second kappa shape index (κ2) is 8.49. The van der Waals surface area contributed by atoms with E-state index in [9.17, 15) is 4.79 Å². The van der Waals surface area contributed by atoms with Crippen LogP contribution in [0.25, 0.3) is 0 Å². The van der Waals surface area contributed by atoms with Gasteiger partial charge in [0.25, 0.3) is 11.6 Å². The van der Waals surface area contributed by atoms with E-state index >= 15 is 0 Å². The summed E-state index contributed by atoms with van der Waals surface area (Å²) < 4.78 is 7.88. The second-order valence-electron chi connectivity index (χ2n) is 10.0. The predicted molar refractivity (Wildman–Crippen MR) is 118 cm³/mol. The Morgan fingerprint density at radius 1 is 1.23 bits per heavy atom.